The molecule has 0 aliphatic carbocycles. The average Bonchev–Trinajstić information content (AvgIpc) is 2.72. The maximum atomic E-state index is 5.69. The SMILES string of the molecule is Cc1nnc(SCc2cnc(Cl)s2)o1. The van der Waals surface area contributed by atoms with Crippen LogP contribution in [0.25, 0.3) is 0 Å². The van der Waals surface area contributed by atoms with Crippen LogP contribution >= 0.6 is 34.7 Å². The number of nitrogens with zero attached hydrogens (tertiary/aromatic N) is 3. The Labute approximate surface area is 93.7 Å². The smallest absolute Gasteiger partial charge is 0.276 e. The monoisotopic (exact) mass is 247 g/mol. The number of hydrogen-bond acceptors (Lipinski definition) is 6. The van der Waals surface area contributed by atoms with Crippen LogP contribution in [0.4, 0.5) is 0 Å². The molecule has 2 aromatic rings. The van der Waals surface area contributed by atoms with Crippen LogP contribution in [0.1, 0.15) is 10.8 Å². The molecule has 0 saturated heterocycles. The highest BCUT2D eigenvalue weighted by Crippen LogP contribution is 2.26. The molecule has 0 bridgehead atoms. The number of aryl methyl sites for hydroxylation is 1. The molecule has 7 heteroatoms. The normalized spacial score (nSPS) is 10.7. The number of rotatable bonds is 3. The van der Waals surface area contributed by atoms with E-state index in [0.29, 0.717) is 15.6 Å². The lowest BCUT2D eigenvalue weighted by molar-refractivity contribution is 0.429. The van der Waals surface area contributed by atoms with Gasteiger partial charge in [0.15, 0.2) is 4.47 Å². The van der Waals surface area contributed by atoms with Gasteiger partial charge in [-0.2, -0.15) is 0 Å². The Kier molecular flexibility index (Phi) is 3.05. The van der Waals surface area contributed by atoms with Gasteiger partial charge in [0.25, 0.3) is 5.22 Å². The van der Waals surface area contributed by atoms with E-state index in [0.717, 1.165) is 10.6 Å². The van der Waals surface area contributed by atoms with Crippen molar-refractivity contribution < 1.29 is 4.42 Å². The second-order valence-electron chi connectivity index (χ2n) is 2.46. The van der Waals surface area contributed by atoms with E-state index in [2.05, 4.69) is 15.2 Å². The molecule has 4 nitrogen and oxygen atoms in total. The van der Waals surface area contributed by atoms with Crippen molar-refractivity contribution in [1.82, 2.24) is 15.2 Å². The van der Waals surface area contributed by atoms with Crippen LogP contribution in [0.2, 0.25) is 4.47 Å². The highest BCUT2D eigenvalue weighted by Gasteiger charge is 2.05. The summed E-state index contributed by atoms with van der Waals surface area (Å²) in [5.41, 5.74) is 0. The summed E-state index contributed by atoms with van der Waals surface area (Å²) in [6.45, 7) is 1.76. The number of thioether (sulfide) groups is 1. The second kappa shape index (κ2) is 4.29. The summed E-state index contributed by atoms with van der Waals surface area (Å²) in [5, 5.41) is 8.17. The number of aromatic nitrogens is 3. The molecule has 2 aromatic heterocycles. The van der Waals surface area contributed by atoms with Crippen LogP contribution in [-0.4, -0.2) is 15.2 Å². The second-order valence-corrected chi connectivity index (χ2v) is 5.08. The Morgan fingerprint density at radius 2 is 2.43 bits per heavy atom. The Morgan fingerprint density at radius 1 is 1.57 bits per heavy atom. The van der Waals surface area contributed by atoms with Gasteiger partial charge in [-0.1, -0.05) is 23.4 Å². The Hall–Kier alpha value is -0.590. The Morgan fingerprint density at radius 3 is 3.00 bits per heavy atom. The quantitative estimate of drug-likeness (QED) is 0.781. The third-order valence-electron chi connectivity index (χ3n) is 1.37. The van der Waals surface area contributed by atoms with Crippen LogP contribution in [0.15, 0.2) is 15.8 Å². The van der Waals surface area contributed by atoms with Crippen molar-refractivity contribution in [2.24, 2.45) is 0 Å². The van der Waals surface area contributed by atoms with Gasteiger partial charge in [0.1, 0.15) is 0 Å². The predicted octanol–water partition coefficient (Wildman–Crippen LogP) is 2.78. The lowest BCUT2D eigenvalue weighted by Gasteiger charge is -1.90. The molecule has 74 valence electrons. The fourth-order valence-electron chi connectivity index (χ4n) is 0.820. The first kappa shape index (κ1) is 9.95. The third-order valence-corrected chi connectivity index (χ3v) is 3.54. The molecule has 0 amide bonds. The molecule has 2 heterocycles. The van der Waals surface area contributed by atoms with Gasteiger partial charge in [-0.25, -0.2) is 4.98 Å². The summed E-state index contributed by atoms with van der Waals surface area (Å²) in [6, 6.07) is 0. The van der Waals surface area contributed by atoms with Gasteiger partial charge in [0.05, 0.1) is 0 Å². The van der Waals surface area contributed by atoms with Gasteiger partial charge in [0.2, 0.25) is 5.89 Å². The topological polar surface area (TPSA) is 51.8 Å². The molecular weight excluding hydrogens is 242 g/mol. The van der Waals surface area contributed by atoms with Crippen LogP contribution in [0, 0.1) is 6.92 Å². The molecule has 0 aliphatic heterocycles. The number of halogens is 1. The van der Waals surface area contributed by atoms with Gasteiger partial charge >= 0.3 is 0 Å². The van der Waals surface area contributed by atoms with Crippen molar-refractivity contribution in [3.63, 3.8) is 0 Å². The van der Waals surface area contributed by atoms with Crippen molar-refractivity contribution in [2.45, 2.75) is 17.9 Å². The van der Waals surface area contributed by atoms with Crippen LogP contribution in [-0.2, 0) is 5.75 Å². The molecule has 2 rings (SSSR count). The molecule has 0 aliphatic rings. The standard InChI is InChI=1S/C7H6ClN3OS2/c1-4-10-11-7(12-4)13-3-5-2-9-6(8)14-5/h2H,3H2,1H3. The highest BCUT2D eigenvalue weighted by molar-refractivity contribution is 7.98. The summed E-state index contributed by atoms with van der Waals surface area (Å²) >= 11 is 8.63. The summed E-state index contributed by atoms with van der Waals surface area (Å²) in [4.78, 5) is 5.03. The fraction of sp³-hybridized carbons (Fsp3) is 0.286. The number of hydrogen-bond donors (Lipinski definition) is 0. The van der Waals surface area contributed by atoms with E-state index in [1.807, 2.05) is 0 Å². The van der Waals surface area contributed by atoms with E-state index in [1.54, 1.807) is 13.1 Å². The summed E-state index contributed by atoms with van der Waals surface area (Å²) in [7, 11) is 0. The van der Waals surface area contributed by atoms with Gasteiger partial charge in [-0.3, -0.25) is 0 Å². The minimum atomic E-state index is 0.558. The summed E-state index contributed by atoms with van der Waals surface area (Å²) in [6.07, 6.45) is 1.75. The zero-order valence-electron chi connectivity index (χ0n) is 7.23. The van der Waals surface area contributed by atoms with E-state index in [9.17, 15) is 0 Å². The minimum Gasteiger partial charge on any atom is -0.416 e. The average molecular weight is 248 g/mol. The molecule has 0 spiro atoms. The summed E-state index contributed by atoms with van der Waals surface area (Å²) < 4.78 is 5.76. The van der Waals surface area contributed by atoms with Crippen LogP contribution < -0.4 is 0 Å². The highest BCUT2D eigenvalue weighted by atomic mass is 35.5. The lowest BCUT2D eigenvalue weighted by atomic mass is 10.6. The Bertz CT molecular complexity index is 388. The van der Waals surface area contributed by atoms with Crippen molar-refractivity contribution in [3.05, 3.63) is 21.4 Å². The van der Waals surface area contributed by atoms with Gasteiger partial charge in [0, 0.05) is 23.8 Å². The zero-order valence-corrected chi connectivity index (χ0v) is 9.62. The van der Waals surface area contributed by atoms with Crippen molar-refractivity contribution >= 4 is 34.7 Å². The lowest BCUT2D eigenvalue weighted by Crippen LogP contribution is -1.74. The van der Waals surface area contributed by atoms with Gasteiger partial charge in [-0.05, 0) is 0 Å². The predicted molar refractivity (Wildman–Crippen MR) is 55.7 cm³/mol. The maximum absolute atomic E-state index is 5.69. The molecular formula is C7H6ClN3OS2. The first-order valence-corrected chi connectivity index (χ1v) is 5.95. The van der Waals surface area contributed by atoms with Crippen LogP contribution in [0.3, 0.4) is 0 Å². The van der Waals surface area contributed by atoms with Crippen LogP contribution in [0.5, 0.6) is 0 Å². The zero-order chi connectivity index (χ0) is 9.97. The van der Waals surface area contributed by atoms with Crippen molar-refractivity contribution in [2.75, 3.05) is 0 Å². The van der Waals surface area contributed by atoms with E-state index in [4.69, 9.17) is 16.0 Å². The van der Waals surface area contributed by atoms with Gasteiger partial charge < -0.3 is 4.42 Å². The van der Waals surface area contributed by atoms with E-state index in [-0.39, 0.29) is 0 Å². The maximum Gasteiger partial charge on any atom is 0.276 e. The van der Waals surface area contributed by atoms with E-state index >= 15 is 0 Å². The van der Waals surface area contributed by atoms with E-state index < -0.39 is 0 Å². The third kappa shape index (κ3) is 2.46. The first-order valence-electron chi connectivity index (χ1n) is 3.77. The van der Waals surface area contributed by atoms with Crippen molar-refractivity contribution in [3.8, 4) is 0 Å². The van der Waals surface area contributed by atoms with E-state index in [1.165, 1.54) is 23.1 Å². The Balaban J connectivity index is 1.94. The molecule has 0 saturated carbocycles. The first-order chi connectivity index (χ1) is 6.74. The number of thiazole rings is 1. The fourth-order valence-corrected chi connectivity index (χ4v) is 2.62. The molecule has 0 N–H and O–H groups in total. The molecule has 14 heavy (non-hydrogen) atoms. The molecule has 0 aromatic carbocycles. The molecule has 0 unspecified atom stereocenters. The summed E-state index contributed by atoms with van der Waals surface area (Å²) in [5.74, 6) is 1.33. The molecule has 0 atom stereocenters. The van der Waals surface area contributed by atoms with Crippen molar-refractivity contribution in [1.29, 1.82) is 0 Å². The largest absolute Gasteiger partial charge is 0.416 e. The minimum absolute atomic E-state index is 0.558. The molecule has 0 radical (unpaired) electrons. The molecule has 0 fully saturated rings. The van der Waals surface area contributed by atoms with Gasteiger partial charge in [-0.15, -0.1) is 21.5 Å².